The molecule has 7 heteroatoms. The third-order valence-electron chi connectivity index (χ3n) is 3.17. The number of rotatable bonds is 2. The van der Waals surface area contributed by atoms with Crippen molar-refractivity contribution in [3.63, 3.8) is 0 Å². The fraction of sp³-hybridized carbons (Fsp3) is 0. The Morgan fingerprint density at radius 2 is 2.00 bits per heavy atom. The lowest BCUT2D eigenvalue weighted by molar-refractivity contribution is 0.556. The average molecular weight is 330 g/mol. The van der Waals surface area contributed by atoms with Crippen molar-refractivity contribution in [3.8, 4) is 11.4 Å². The Morgan fingerprint density at radius 3 is 2.73 bits per heavy atom. The van der Waals surface area contributed by atoms with Crippen LogP contribution in [0.4, 0.5) is 0 Å². The summed E-state index contributed by atoms with van der Waals surface area (Å²) in [6.45, 7) is 0. The van der Waals surface area contributed by atoms with Crippen LogP contribution in [0.2, 0.25) is 5.02 Å². The van der Waals surface area contributed by atoms with E-state index >= 15 is 0 Å². The van der Waals surface area contributed by atoms with E-state index in [0.717, 1.165) is 5.56 Å². The Labute approximate surface area is 133 Å². The zero-order chi connectivity index (χ0) is 15.1. The summed E-state index contributed by atoms with van der Waals surface area (Å²) in [6.07, 6.45) is 3.27. The van der Waals surface area contributed by atoms with Gasteiger partial charge in [0.1, 0.15) is 10.3 Å². The van der Waals surface area contributed by atoms with Gasteiger partial charge in [0.2, 0.25) is 4.96 Å². The molecule has 0 aliphatic carbocycles. The molecule has 0 N–H and O–H groups in total. The lowest BCUT2D eigenvalue weighted by Crippen LogP contribution is -2.23. The minimum absolute atomic E-state index is 0.161. The molecule has 0 fully saturated rings. The molecule has 3 heterocycles. The molecule has 0 bridgehead atoms. The highest BCUT2D eigenvalue weighted by Crippen LogP contribution is 2.20. The smallest absolute Gasteiger partial charge is 0.276 e. The number of benzene rings is 1. The molecule has 0 saturated carbocycles. The van der Waals surface area contributed by atoms with Gasteiger partial charge in [0.25, 0.3) is 5.56 Å². The van der Waals surface area contributed by atoms with Gasteiger partial charge in [-0.2, -0.15) is 0 Å². The van der Waals surface area contributed by atoms with E-state index in [0.29, 0.717) is 26.1 Å². The quantitative estimate of drug-likeness (QED) is 0.567. The van der Waals surface area contributed by atoms with Crippen LogP contribution in [0, 0.1) is 0 Å². The van der Waals surface area contributed by atoms with Crippen LogP contribution in [0.1, 0.15) is 5.76 Å². The summed E-state index contributed by atoms with van der Waals surface area (Å²) in [4.78, 5) is 13.1. The highest BCUT2D eigenvalue weighted by molar-refractivity contribution is 7.15. The van der Waals surface area contributed by atoms with Crippen LogP contribution in [-0.4, -0.2) is 14.6 Å². The Bertz CT molecular complexity index is 1050. The zero-order valence-electron chi connectivity index (χ0n) is 11.1. The first-order chi connectivity index (χ1) is 10.7. The third-order valence-corrected chi connectivity index (χ3v) is 4.38. The van der Waals surface area contributed by atoms with Crippen molar-refractivity contribution >= 4 is 34.0 Å². The summed E-state index contributed by atoms with van der Waals surface area (Å²) in [7, 11) is 0. The van der Waals surface area contributed by atoms with Crippen LogP contribution >= 0.6 is 22.9 Å². The van der Waals surface area contributed by atoms with Crippen LogP contribution in [0.15, 0.2) is 51.9 Å². The van der Waals surface area contributed by atoms with Crippen LogP contribution in [-0.2, 0) is 0 Å². The van der Waals surface area contributed by atoms with Crippen molar-refractivity contribution in [2.75, 3.05) is 0 Å². The number of aromatic nitrogens is 3. The number of hydrogen-bond donors (Lipinski definition) is 0. The lowest BCUT2D eigenvalue weighted by Gasteiger charge is -1.96. The van der Waals surface area contributed by atoms with E-state index in [1.165, 1.54) is 15.7 Å². The van der Waals surface area contributed by atoms with Gasteiger partial charge in [-0.15, -0.1) is 10.2 Å². The summed E-state index contributed by atoms with van der Waals surface area (Å²) >= 11 is 7.16. The second kappa shape index (κ2) is 5.08. The van der Waals surface area contributed by atoms with Crippen LogP contribution < -0.4 is 10.1 Å². The molecule has 3 aromatic heterocycles. The predicted molar refractivity (Wildman–Crippen MR) is 85.1 cm³/mol. The molecular formula is C15H8ClN3O2S. The molecule has 0 unspecified atom stereocenters. The van der Waals surface area contributed by atoms with Crippen molar-refractivity contribution in [3.05, 3.63) is 68.3 Å². The van der Waals surface area contributed by atoms with E-state index in [2.05, 4.69) is 10.2 Å². The van der Waals surface area contributed by atoms with E-state index < -0.39 is 0 Å². The van der Waals surface area contributed by atoms with Gasteiger partial charge < -0.3 is 4.42 Å². The van der Waals surface area contributed by atoms with Crippen LogP contribution in [0.25, 0.3) is 22.4 Å². The summed E-state index contributed by atoms with van der Waals surface area (Å²) in [5.74, 6) is 1.13. The van der Waals surface area contributed by atoms with E-state index in [9.17, 15) is 4.79 Å². The van der Waals surface area contributed by atoms with Gasteiger partial charge in [0, 0.05) is 16.7 Å². The van der Waals surface area contributed by atoms with Crippen LogP contribution in [0.3, 0.4) is 0 Å². The Morgan fingerprint density at radius 1 is 1.18 bits per heavy atom. The molecule has 0 spiro atoms. The average Bonchev–Trinajstić information content (AvgIpc) is 3.21. The largest absolute Gasteiger partial charge is 0.465 e. The number of hydrogen-bond acceptors (Lipinski definition) is 5. The molecule has 22 heavy (non-hydrogen) atoms. The molecule has 0 aliphatic rings. The van der Waals surface area contributed by atoms with Gasteiger partial charge in [-0.1, -0.05) is 22.9 Å². The number of fused-ring (bicyclic) bond motifs is 1. The van der Waals surface area contributed by atoms with E-state index in [-0.39, 0.29) is 5.56 Å². The summed E-state index contributed by atoms with van der Waals surface area (Å²) < 4.78 is 7.30. The Balaban J connectivity index is 1.94. The Kier molecular flexibility index (Phi) is 3.06. The summed E-state index contributed by atoms with van der Waals surface area (Å²) in [5.41, 5.74) is 0.627. The van der Waals surface area contributed by atoms with E-state index in [1.54, 1.807) is 36.6 Å². The molecule has 0 radical (unpaired) electrons. The monoisotopic (exact) mass is 329 g/mol. The van der Waals surface area contributed by atoms with Crippen molar-refractivity contribution in [1.82, 2.24) is 14.6 Å². The van der Waals surface area contributed by atoms with Crippen molar-refractivity contribution in [1.29, 1.82) is 0 Å². The second-order valence-corrected chi connectivity index (χ2v) is 6.03. The summed E-state index contributed by atoms with van der Waals surface area (Å²) in [6, 6.07) is 10.7. The first-order valence-electron chi connectivity index (χ1n) is 6.41. The molecule has 4 rings (SSSR count). The van der Waals surface area contributed by atoms with Gasteiger partial charge in [0.15, 0.2) is 5.82 Å². The van der Waals surface area contributed by atoms with E-state index in [4.69, 9.17) is 16.0 Å². The highest BCUT2D eigenvalue weighted by atomic mass is 35.5. The maximum Gasteiger partial charge on any atom is 0.276 e. The molecule has 0 atom stereocenters. The fourth-order valence-electron chi connectivity index (χ4n) is 2.15. The highest BCUT2D eigenvalue weighted by Gasteiger charge is 2.14. The number of nitrogens with zero attached hydrogens (tertiary/aromatic N) is 3. The number of furan rings is 1. The minimum atomic E-state index is -0.161. The third kappa shape index (κ3) is 2.13. The van der Waals surface area contributed by atoms with Crippen LogP contribution in [0.5, 0.6) is 0 Å². The van der Waals surface area contributed by atoms with Gasteiger partial charge in [-0.05, 0) is 36.4 Å². The molecule has 0 amide bonds. The maximum absolute atomic E-state index is 12.6. The normalized spacial score (nSPS) is 12.3. The maximum atomic E-state index is 12.6. The van der Waals surface area contributed by atoms with Crippen molar-refractivity contribution < 1.29 is 4.42 Å². The van der Waals surface area contributed by atoms with Gasteiger partial charge >= 0.3 is 0 Å². The van der Waals surface area contributed by atoms with Gasteiger partial charge in [-0.25, -0.2) is 4.40 Å². The molecular weight excluding hydrogens is 322 g/mol. The van der Waals surface area contributed by atoms with Gasteiger partial charge in [-0.3, -0.25) is 4.79 Å². The molecule has 0 saturated heterocycles. The topological polar surface area (TPSA) is 60.4 Å². The molecule has 108 valence electrons. The number of halogens is 1. The Hall–Kier alpha value is -2.44. The van der Waals surface area contributed by atoms with Crippen molar-refractivity contribution in [2.24, 2.45) is 0 Å². The standard InChI is InChI=1S/C15H8ClN3O2S/c16-10-5-3-9(4-6-10)13-17-18-15-19(13)14(20)12(22-15)8-11-2-1-7-21-11/h1-8H. The SMILES string of the molecule is O=c1c(=Cc2ccco2)sc2nnc(-c3ccc(Cl)cc3)n12. The number of thiazole rings is 1. The zero-order valence-corrected chi connectivity index (χ0v) is 12.6. The van der Waals surface area contributed by atoms with Crippen molar-refractivity contribution in [2.45, 2.75) is 0 Å². The molecule has 0 aliphatic heterocycles. The summed E-state index contributed by atoms with van der Waals surface area (Å²) in [5, 5.41) is 8.80. The second-order valence-electron chi connectivity index (χ2n) is 4.58. The lowest BCUT2D eigenvalue weighted by atomic mass is 10.2. The minimum Gasteiger partial charge on any atom is -0.465 e. The predicted octanol–water partition coefficient (Wildman–Crippen LogP) is 2.61. The first-order valence-corrected chi connectivity index (χ1v) is 7.61. The fourth-order valence-corrected chi connectivity index (χ4v) is 3.17. The molecule has 4 aromatic rings. The van der Waals surface area contributed by atoms with E-state index in [1.807, 2.05) is 12.1 Å². The first kappa shape index (κ1) is 13.2. The molecule has 1 aromatic carbocycles. The molecule has 5 nitrogen and oxygen atoms in total. The van der Waals surface area contributed by atoms with Gasteiger partial charge in [0.05, 0.1) is 6.26 Å².